The highest BCUT2D eigenvalue weighted by atomic mass is 32.2. The molecule has 1 aliphatic rings. The molecule has 2 heterocycles. The first kappa shape index (κ1) is 19.6. The monoisotopic (exact) mass is 392 g/mol. The van der Waals surface area contributed by atoms with E-state index in [2.05, 4.69) is 0 Å². The van der Waals surface area contributed by atoms with Crippen LogP contribution in [-0.4, -0.2) is 50.6 Å². The molecule has 8 heteroatoms. The van der Waals surface area contributed by atoms with Crippen LogP contribution in [0.4, 0.5) is 0 Å². The third kappa shape index (κ3) is 3.65. The molecular formula is C19H24N2O5S. The predicted molar refractivity (Wildman–Crippen MR) is 100 cm³/mol. The van der Waals surface area contributed by atoms with Crippen molar-refractivity contribution in [2.24, 2.45) is 0 Å². The zero-order valence-corrected chi connectivity index (χ0v) is 16.6. The summed E-state index contributed by atoms with van der Waals surface area (Å²) in [5.74, 6) is -0.570. The number of ether oxygens (including phenoxy) is 2. The Morgan fingerprint density at radius 3 is 2.56 bits per heavy atom. The van der Waals surface area contributed by atoms with Crippen molar-refractivity contribution in [2.45, 2.75) is 31.3 Å². The zero-order chi connectivity index (χ0) is 19.6. The molecule has 0 spiro atoms. The summed E-state index contributed by atoms with van der Waals surface area (Å²) >= 11 is 0. The Bertz CT molecular complexity index is 949. The lowest BCUT2D eigenvalue weighted by molar-refractivity contribution is 0.0585. The molecule has 0 N–H and O–H groups in total. The summed E-state index contributed by atoms with van der Waals surface area (Å²) in [5, 5.41) is 0. The number of esters is 1. The Hall–Kier alpha value is -2.16. The van der Waals surface area contributed by atoms with E-state index in [0.29, 0.717) is 38.4 Å². The Kier molecular flexibility index (Phi) is 5.69. The molecule has 3 rings (SSSR count). The van der Waals surface area contributed by atoms with Gasteiger partial charge in [-0.1, -0.05) is 24.3 Å². The van der Waals surface area contributed by atoms with Gasteiger partial charge in [-0.15, -0.1) is 0 Å². The van der Waals surface area contributed by atoms with Crippen LogP contribution in [0.5, 0.6) is 0 Å². The number of carbonyl (C=O) groups excluding carboxylic acids is 1. The van der Waals surface area contributed by atoms with Crippen molar-refractivity contribution in [3.05, 3.63) is 52.8 Å². The van der Waals surface area contributed by atoms with Crippen molar-refractivity contribution in [3.63, 3.8) is 0 Å². The number of sulfonamides is 1. The number of hydrogen-bond donors (Lipinski definition) is 0. The molecule has 7 nitrogen and oxygen atoms in total. The average molecular weight is 392 g/mol. The minimum atomic E-state index is -3.74. The molecule has 1 aromatic carbocycles. The van der Waals surface area contributed by atoms with E-state index < -0.39 is 16.0 Å². The van der Waals surface area contributed by atoms with Crippen LogP contribution in [0.2, 0.25) is 0 Å². The van der Waals surface area contributed by atoms with Crippen molar-refractivity contribution in [3.8, 4) is 0 Å². The molecule has 0 atom stereocenters. The molecule has 0 unspecified atom stereocenters. The van der Waals surface area contributed by atoms with Gasteiger partial charge in [0.15, 0.2) is 0 Å². The number of aromatic nitrogens is 1. The second-order valence-electron chi connectivity index (χ2n) is 6.47. The number of rotatable bonds is 6. The number of benzene rings is 1. The first-order valence-corrected chi connectivity index (χ1v) is 10.2. The molecule has 2 aromatic rings. The molecule has 0 radical (unpaired) electrons. The summed E-state index contributed by atoms with van der Waals surface area (Å²) in [4.78, 5) is 12.3. The van der Waals surface area contributed by atoms with Crippen LogP contribution < -0.4 is 0 Å². The largest absolute Gasteiger partial charge is 0.464 e. The van der Waals surface area contributed by atoms with Crippen molar-refractivity contribution in [2.75, 3.05) is 27.4 Å². The molecule has 1 aromatic heterocycles. The van der Waals surface area contributed by atoms with Crippen LogP contribution in [0.25, 0.3) is 0 Å². The van der Waals surface area contributed by atoms with Gasteiger partial charge >= 0.3 is 5.97 Å². The third-order valence-electron chi connectivity index (χ3n) is 4.95. The lowest BCUT2D eigenvalue weighted by atomic mass is 10.0. The number of hydrogen-bond acceptors (Lipinski definition) is 5. The molecule has 0 bridgehead atoms. The zero-order valence-electron chi connectivity index (χ0n) is 15.8. The SMILES string of the molecule is COCCn1c(C(=O)OC)cc(S(=O)(=O)N2CCc3ccccc3C2)c1C. The third-order valence-corrected chi connectivity index (χ3v) is 6.91. The molecule has 1 aliphatic heterocycles. The van der Waals surface area contributed by atoms with E-state index in [-0.39, 0.29) is 10.6 Å². The van der Waals surface area contributed by atoms with Gasteiger partial charge in [0, 0.05) is 32.4 Å². The van der Waals surface area contributed by atoms with E-state index in [1.54, 1.807) is 18.6 Å². The first-order valence-electron chi connectivity index (χ1n) is 8.74. The summed E-state index contributed by atoms with van der Waals surface area (Å²) in [6, 6.07) is 9.27. The molecular weight excluding hydrogens is 368 g/mol. The van der Waals surface area contributed by atoms with Crippen LogP contribution in [0.15, 0.2) is 35.2 Å². The fourth-order valence-electron chi connectivity index (χ4n) is 3.44. The van der Waals surface area contributed by atoms with Gasteiger partial charge in [-0.25, -0.2) is 13.2 Å². The van der Waals surface area contributed by atoms with Gasteiger partial charge in [-0.2, -0.15) is 4.31 Å². The normalized spacial score (nSPS) is 14.8. The van der Waals surface area contributed by atoms with Crippen molar-refractivity contribution >= 4 is 16.0 Å². The Morgan fingerprint density at radius 1 is 1.19 bits per heavy atom. The Labute approximate surface area is 159 Å². The standard InChI is InChI=1S/C19H24N2O5S/c1-14-18(12-17(19(22)26-3)21(14)10-11-25-2)27(23,24)20-9-8-15-6-4-5-7-16(15)13-20/h4-7,12H,8-11,13H2,1-3H3. The van der Waals surface area contributed by atoms with E-state index >= 15 is 0 Å². The summed E-state index contributed by atoms with van der Waals surface area (Å²) in [6.45, 7) is 3.17. The smallest absolute Gasteiger partial charge is 0.354 e. The van der Waals surface area contributed by atoms with E-state index in [4.69, 9.17) is 9.47 Å². The maximum atomic E-state index is 13.3. The van der Waals surface area contributed by atoms with E-state index in [0.717, 1.165) is 5.56 Å². The molecule has 0 amide bonds. The minimum absolute atomic E-state index is 0.137. The fourth-order valence-corrected chi connectivity index (χ4v) is 5.10. The second kappa shape index (κ2) is 7.84. The van der Waals surface area contributed by atoms with Gasteiger partial charge < -0.3 is 14.0 Å². The molecule has 0 saturated carbocycles. The van der Waals surface area contributed by atoms with Gasteiger partial charge in [-0.05, 0) is 30.5 Å². The highest BCUT2D eigenvalue weighted by Gasteiger charge is 2.32. The van der Waals surface area contributed by atoms with Gasteiger partial charge in [0.25, 0.3) is 0 Å². The topological polar surface area (TPSA) is 77.8 Å². The average Bonchev–Trinajstić information content (AvgIpc) is 3.02. The molecule has 146 valence electrons. The molecule has 0 aliphatic carbocycles. The minimum Gasteiger partial charge on any atom is -0.464 e. The maximum Gasteiger partial charge on any atom is 0.354 e. The van der Waals surface area contributed by atoms with Crippen LogP contribution >= 0.6 is 0 Å². The summed E-state index contributed by atoms with van der Waals surface area (Å²) in [5.41, 5.74) is 2.90. The quantitative estimate of drug-likeness (QED) is 0.703. The van der Waals surface area contributed by atoms with E-state index in [1.165, 1.54) is 23.0 Å². The summed E-state index contributed by atoms with van der Waals surface area (Å²) < 4.78 is 39.6. The van der Waals surface area contributed by atoms with Crippen LogP contribution in [0, 0.1) is 6.92 Å². The van der Waals surface area contributed by atoms with Crippen molar-refractivity contribution in [1.29, 1.82) is 0 Å². The van der Waals surface area contributed by atoms with E-state index in [9.17, 15) is 13.2 Å². The van der Waals surface area contributed by atoms with Gasteiger partial charge in [-0.3, -0.25) is 0 Å². The van der Waals surface area contributed by atoms with Gasteiger partial charge in [0.05, 0.1) is 13.7 Å². The molecule has 0 fully saturated rings. The van der Waals surface area contributed by atoms with E-state index in [1.807, 2.05) is 24.3 Å². The Balaban J connectivity index is 1.99. The van der Waals surface area contributed by atoms with Crippen LogP contribution in [0.3, 0.4) is 0 Å². The van der Waals surface area contributed by atoms with Gasteiger partial charge in [0.2, 0.25) is 10.0 Å². The van der Waals surface area contributed by atoms with Crippen molar-refractivity contribution in [1.82, 2.24) is 8.87 Å². The lowest BCUT2D eigenvalue weighted by Gasteiger charge is -2.28. The summed E-state index contributed by atoms with van der Waals surface area (Å²) in [6.07, 6.45) is 0.669. The number of nitrogens with zero attached hydrogens (tertiary/aromatic N) is 2. The fraction of sp³-hybridized carbons (Fsp3) is 0.421. The number of carbonyl (C=O) groups is 1. The predicted octanol–water partition coefficient (Wildman–Crippen LogP) is 1.98. The van der Waals surface area contributed by atoms with Crippen molar-refractivity contribution < 1.29 is 22.7 Å². The van der Waals surface area contributed by atoms with Crippen LogP contribution in [-0.2, 0) is 39.0 Å². The molecule has 27 heavy (non-hydrogen) atoms. The number of methoxy groups -OCH3 is 2. The second-order valence-corrected chi connectivity index (χ2v) is 8.38. The highest BCUT2D eigenvalue weighted by Crippen LogP contribution is 2.29. The maximum absolute atomic E-state index is 13.3. The highest BCUT2D eigenvalue weighted by molar-refractivity contribution is 7.89. The lowest BCUT2D eigenvalue weighted by Crippen LogP contribution is -2.36. The Morgan fingerprint density at radius 2 is 1.89 bits per heavy atom. The van der Waals surface area contributed by atoms with Gasteiger partial charge in [0.1, 0.15) is 10.6 Å². The number of fused-ring (bicyclic) bond motifs is 1. The van der Waals surface area contributed by atoms with Crippen LogP contribution in [0.1, 0.15) is 27.3 Å². The molecule has 0 saturated heterocycles. The first-order chi connectivity index (χ1) is 12.9. The summed E-state index contributed by atoms with van der Waals surface area (Å²) in [7, 11) is -0.906.